The van der Waals surface area contributed by atoms with Crippen LogP contribution >= 0.6 is 0 Å². The van der Waals surface area contributed by atoms with Crippen molar-refractivity contribution in [1.82, 2.24) is 0 Å². The number of phenolic OH excluding ortho intramolecular Hbond substituents is 2. The number of rotatable bonds is 12. The van der Waals surface area contributed by atoms with Gasteiger partial charge in [-0.2, -0.15) is 0 Å². The average Bonchev–Trinajstić information content (AvgIpc) is 3.10. The lowest BCUT2D eigenvalue weighted by molar-refractivity contribution is -0.277. The van der Waals surface area contributed by atoms with Gasteiger partial charge in [0.1, 0.15) is 64.1 Å². The lowest BCUT2D eigenvalue weighted by Gasteiger charge is -2.39. The third kappa shape index (κ3) is 7.09. The Balaban J connectivity index is 1.48. The SMILES string of the molecule is COc1cc(C(O)[C@@H](CO)Cc2c(OC)cc(-c3cc(=O)c4c(O)cc(O[C@@H]5OC(CO)[C@@H](O)C(O)C5O)cc4o3)cc2OC)ccc1O. The van der Waals surface area contributed by atoms with Gasteiger partial charge in [-0.3, -0.25) is 4.79 Å². The molecule has 5 rings (SSSR count). The number of ether oxygens (including phenoxy) is 5. The second-order valence-corrected chi connectivity index (χ2v) is 11.5. The van der Waals surface area contributed by atoms with E-state index in [0.717, 1.165) is 12.1 Å². The Morgan fingerprint density at radius 3 is 2.10 bits per heavy atom. The molecule has 264 valence electrons. The molecule has 15 heteroatoms. The first-order valence-corrected chi connectivity index (χ1v) is 15.1. The summed E-state index contributed by atoms with van der Waals surface area (Å²) in [6.07, 6.45) is -8.89. The first-order chi connectivity index (χ1) is 23.4. The van der Waals surface area contributed by atoms with Gasteiger partial charge in [-0.1, -0.05) is 6.07 Å². The number of aliphatic hydroxyl groups is 6. The molecule has 0 bridgehead atoms. The summed E-state index contributed by atoms with van der Waals surface area (Å²) >= 11 is 0. The Hall–Kier alpha value is -4.61. The lowest BCUT2D eigenvalue weighted by Crippen LogP contribution is -2.60. The summed E-state index contributed by atoms with van der Waals surface area (Å²) in [5.74, 6) is -0.715. The summed E-state index contributed by atoms with van der Waals surface area (Å²) in [5, 5.41) is 81.8. The minimum Gasteiger partial charge on any atom is -0.507 e. The maximum Gasteiger partial charge on any atom is 0.229 e. The molecule has 0 spiro atoms. The molecular weight excluding hydrogens is 648 g/mol. The van der Waals surface area contributed by atoms with Gasteiger partial charge in [0.2, 0.25) is 6.29 Å². The normalized spacial score (nSPS) is 22.0. The Labute approximate surface area is 279 Å². The monoisotopic (exact) mass is 686 g/mol. The van der Waals surface area contributed by atoms with Gasteiger partial charge in [0.25, 0.3) is 0 Å². The highest BCUT2D eigenvalue weighted by Gasteiger charge is 2.44. The Morgan fingerprint density at radius 1 is 0.816 bits per heavy atom. The molecule has 7 atom stereocenters. The Bertz CT molecular complexity index is 1810. The fourth-order valence-electron chi connectivity index (χ4n) is 5.77. The smallest absolute Gasteiger partial charge is 0.229 e. The second kappa shape index (κ2) is 14.9. The molecule has 1 aliphatic rings. The predicted octanol–water partition coefficient (Wildman–Crippen LogP) is 0.960. The summed E-state index contributed by atoms with van der Waals surface area (Å²) < 4.78 is 33.5. The number of phenols is 2. The van der Waals surface area contributed by atoms with E-state index in [1.54, 1.807) is 12.1 Å². The summed E-state index contributed by atoms with van der Waals surface area (Å²) in [5.41, 5.74) is 0.508. The van der Waals surface area contributed by atoms with Gasteiger partial charge in [-0.05, 0) is 36.2 Å². The number of hydrogen-bond acceptors (Lipinski definition) is 15. The number of benzene rings is 3. The van der Waals surface area contributed by atoms with Crippen LogP contribution in [0.1, 0.15) is 17.2 Å². The maximum absolute atomic E-state index is 13.2. The van der Waals surface area contributed by atoms with Crippen LogP contribution in [0.2, 0.25) is 0 Å². The van der Waals surface area contributed by atoms with E-state index in [9.17, 15) is 45.6 Å². The van der Waals surface area contributed by atoms with Gasteiger partial charge in [0.15, 0.2) is 16.9 Å². The van der Waals surface area contributed by atoms with Crippen molar-refractivity contribution in [3.05, 3.63) is 69.9 Å². The lowest BCUT2D eigenvalue weighted by atomic mass is 9.89. The summed E-state index contributed by atoms with van der Waals surface area (Å²) in [6, 6.07) is 11.0. The van der Waals surface area contributed by atoms with Crippen LogP contribution in [-0.4, -0.2) is 106 Å². The van der Waals surface area contributed by atoms with Crippen LogP contribution < -0.4 is 24.4 Å². The quantitative estimate of drug-likeness (QED) is 0.104. The maximum atomic E-state index is 13.2. The van der Waals surface area contributed by atoms with E-state index >= 15 is 0 Å². The highest BCUT2D eigenvalue weighted by molar-refractivity contribution is 5.86. The second-order valence-electron chi connectivity index (χ2n) is 11.5. The first kappa shape index (κ1) is 35.7. The highest BCUT2D eigenvalue weighted by Crippen LogP contribution is 2.40. The van der Waals surface area contributed by atoms with Crippen molar-refractivity contribution in [2.24, 2.45) is 5.92 Å². The molecule has 1 saturated heterocycles. The van der Waals surface area contributed by atoms with Gasteiger partial charge in [0.05, 0.1) is 34.0 Å². The van der Waals surface area contributed by atoms with Crippen LogP contribution in [0.3, 0.4) is 0 Å². The molecule has 4 unspecified atom stereocenters. The number of hydrogen-bond donors (Lipinski definition) is 8. The number of aliphatic hydroxyl groups excluding tert-OH is 6. The van der Waals surface area contributed by atoms with E-state index in [-0.39, 0.29) is 51.9 Å². The third-order valence-corrected chi connectivity index (χ3v) is 8.47. The molecule has 0 saturated carbocycles. The van der Waals surface area contributed by atoms with Crippen molar-refractivity contribution in [1.29, 1.82) is 0 Å². The number of methoxy groups -OCH3 is 3. The van der Waals surface area contributed by atoms with Crippen LogP contribution in [0.5, 0.6) is 34.5 Å². The zero-order valence-electron chi connectivity index (χ0n) is 26.7. The van der Waals surface area contributed by atoms with Crippen LogP contribution in [0.25, 0.3) is 22.3 Å². The molecule has 8 N–H and O–H groups in total. The van der Waals surface area contributed by atoms with Gasteiger partial charge in [-0.25, -0.2) is 0 Å². The van der Waals surface area contributed by atoms with E-state index in [0.29, 0.717) is 16.7 Å². The van der Waals surface area contributed by atoms with E-state index in [1.165, 1.54) is 45.6 Å². The standard InChI is InChI=1S/C34H38O15/c1-44-24-8-16(9-25(45-2)19(24)6-17(13-35)30(40)15-4-5-20(37)26(7-15)46-3)23-12-22(39)29-21(38)10-18(11-27(29)48-23)47-34-33(43)32(42)31(41)28(14-36)49-34/h4-5,7-12,17,28,30-38,40-43H,6,13-14H2,1-3H3/t17-,28?,30?,31-,32?,33?,34-/m1/s1. The summed E-state index contributed by atoms with van der Waals surface area (Å²) in [4.78, 5) is 13.2. The molecule has 0 radical (unpaired) electrons. The van der Waals surface area contributed by atoms with Crippen molar-refractivity contribution in [3.63, 3.8) is 0 Å². The largest absolute Gasteiger partial charge is 0.507 e. The Morgan fingerprint density at radius 2 is 1.49 bits per heavy atom. The Kier molecular flexibility index (Phi) is 10.8. The summed E-state index contributed by atoms with van der Waals surface area (Å²) in [6.45, 7) is -1.10. The fraction of sp³-hybridized carbons (Fsp3) is 0.382. The van der Waals surface area contributed by atoms with Gasteiger partial charge >= 0.3 is 0 Å². The van der Waals surface area contributed by atoms with Crippen molar-refractivity contribution in [3.8, 4) is 45.8 Å². The van der Waals surface area contributed by atoms with Gasteiger partial charge in [-0.15, -0.1) is 0 Å². The average molecular weight is 687 g/mol. The van der Waals surface area contributed by atoms with E-state index in [1.807, 2.05) is 0 Å². The number of fused-ring (bicyclic) bond motifs is 1. The molecule has 1 aromatic heterocycles. The van der Waals surface area contributed by atoms with Gasteiger partial charge in [0, 0.05) is 41.9 Å². The molecule has 4 aromatic rings. The minimum atomic E-state index is -1.72. The number of aromatic hydroxyl groups is 2. The van der Waals surface area contributed by atoms with Crippen molar-refractivity contribution in [2.45, 2.75) is 43.2 Å². The van der Waals surface area contributed by atoms with Crippen LogP contribution in [0.4, 0.5) is 0 Å². The van der Waals surface area contributed by atoms with E-state index in [4.69, 9.17) is 28.1 Å². The van der Waals surface area contributed by atoms with Crippen LogP contribution in [0, 0.1) is 5.92 Å². The molecule has 1 fully saturated rings. The predicted molar refractivity (Wildman–Crippen MR) is 171 cm³/mol. The molecule has 3 aromatic carbocycles. The summed E-state index contributed by atoms with van der Waals surface area (Å²) in [7, 11) is 4.20. The zero-order chi connectivity index (χ0) is 35.6. The third-order valence-electron chi connectivity index (χ3n) is 8.47. The molecule has 1 aliphatic heterocycles. The van der Waals surface area contributed by atoms with Crippen molar-refractivity contribution >= 4 is 11.0 Å². The fourth-order valence-corrected chi connectivity index (χ4v) is 5.77. The molecule has 0 amide bonds. The molecule has 0 aliphatic carbocycles. The zero-order valence-corrected chi connectivity index (χ0v) is 26.7. The topological polar surface area (TPSA) is 238 Å². The molecule has 49 heavy (non-hydrogen) atoms. The van der Waals surface area contributed by atoms with Gasteiger partial charge < -0.3 is 69.0 Å². The molecule has 2 heterocycles. The highest BCUT2D eigenvalue weighted by atomic mass is 16.7. The minimum absolute atomic E-state index is 0.0416. The first-order valence-electron chi connectivity index (χ1n) is 15.1. The van der Waals surface area contributed by atoms with Crippen molar-refractivity contribution < 1.29 is 69.0 Å². The van der Waals surface area contributed by atoms with Crippen molar-refractivity contribution in [2.75, 3.05) is 34.5 Å². The molecular formula is C34H38O15. The van der Waals surface area contributed by atoms with Crippen LogP contribution in [-0.2, 0) is 11.2 Å². The molecule has 15 nitrogen and oxygen atoms in total. The van der Waals surface area contributed by atoms with E-state index in [2.05, 4.69) is 0 Å². The van der Waals surface area contributed by atoms with E-state index < -0.39 is 67.1 Å². The van der Waals surface area contributed by atoms with Crippen LogP contribution in [0.15, 0.2) is 57.7 Å².